The van der Waals surface area contributed by atoms with Gasteiger partial charge in [0, 0.05) is 24.2 Å². The molecule has 0 saturated carbocycles. The molecule has 0 saturated heterocycles. The predicted octanol–water partition coefficient (Wildman–Crippen LogP) is 3.56. The maximum atomic E-state index is 13.1. The first-order valence-corrected chi connectivity index (χ1v) is 8.20. The fourth-order valence-corrected chi connectivity index (χ4v) is 3.17. The molecule has 0 atom stereocenters. The number of aromatic nitrogens is 2. The predicted molar refractivity (Wildman–Crippen MR) is 90.2 cm³/mol. The van der Waals surface area contributed by atoms with Gasteiger partial charge in [0.1, 0.15) is 5.82 Å². The first kappa shape index (κ1) is 15.7. The molecule has 1 N–H and O–H groups in total. The molecule has 23 heavy (non-hydrogen) atoms. The second-order valence-corrected chi connectivity index (χ2v) is 6.08. The summed E-state index contributed by atoms with van der Waals surface area (Å²) in [7, 11) is 0. The van der Waals surface area contributed by atoms with Crippen LogP contribution in [0, 0.1) is 5.82 Å². The monoisotopic (exact) mass is 349 g/mol. The summed E-state index contributed by atoms with van der Waals surface area (Å²) in [6.07, 6.45) is 5.46. The molecule has 1 amide bonds. The lowest BCUT2D eigenvalue weighted by atomic mass is 10.1. The molecule has 0 spiro atoms. The van der Waals surface area contributed by atoms with E-state index < -0.39 is 0 Å². The molecule has 0 radical (unpaired) electrons. The summed E-state index contributed by atoms with van der Waals surface area (Å²) < 4.78 is 14.9. The van der Waals surface area contributed by atoms with Gasteiger partial charge >= 0.3 is 0 Å². The van der Waals surface area contributed by atoms with E-state index in [0.717, 1.165) is 10.5 Å². The molecule has 2 aromatic heterocycles. The Morgan fingerprint density at radius 1 is 1.48 bits per heavy atom. The lowest BCUT2D eigenvalue weighted by molar-refractivity contribution is -0.116. The number of benzene rings is 1. The first-order valence-electron chi connectivity index (χ1n) is 6.95. The Labute approximate surface area is 141 Å². The van der Waals surface area contributed by atoms with Gasteiger partial charge in [0.25, 0.3) is 0 Å². The number of rotatable bonds is 5. The smallest absolute Gasteiger partial charge is 0.244 e. The Kier molecular flexibility index (Phi) is 4.73. The molecule has 3 rings (SSSR count). The summed E-state index contributed by atoms with van der Waals surface area (Å²) in [5.41, 5.74) is 1.51. The number of carbonyl (C=O) groups excluding carboxylic acids is 1. The van der Waals surface area contributed by atoms with Gasteiger partial charge in [-0.05, 0) is 30.2 Å². The van der Waals surface area contributed by atoms with Crippen LogP contribution in [0.3, 0.4) is 0 Å². The van der Waals surface area contributed by atoms with Crippen LogP contribution in [-0.4, -0.2) is 21.8 Å². The zero-order valence-electron chi connectivity index (χ0n) is 12.0. The summed E-state index contributed by atoms with van der Waals surface area (Å²) in [6, 6.07) is 6.33. The van der Waals surface area contributed by atoms with Crippen molar-refractivity contribution in [2.45, 2.75) is 6.42 Å². The molecule has 0 bridgehead atoms. The maximum absolute atomic E-state index is 13.1. The van der Waals surface area contributed by atoms with E-state index in [-0.39, 0.29) is 11.7 Å². The molecule has 4 nitrogen and oxygen atoms in total. The van der Waals surface area contributed by atoms with E-state index in [1.807, 2.05) is 22.0 Å². The molecule has 0 aliphatic carbocycles. The summed E-state index contributed by atoms with van der Waals surface area (Å²) >= 11 is 7.52. The second kappa shape index (κ2) is 6.93. The van der Waals surface area contributed by atoms with Gasteiger partial charge in [-0.1, -0.05) is 23.7 Å². The van der Waals surface area contributed by atoms with E-state index in [1.165, 1.54) is 29.5 Å². The second-order valence-electron chi connectivity index (χ2n) is 4.85. The minimum Gasteiger partial charge on any atom is -0.352 e. The average molecular weight is 350 g/mol. The number of carbonyl (C=O) groups is 1. The Bertz CT molecular complexity index is 871. The van der Waals surface area contributed by atoms with Crippen LogP contribution in [-0.2, 0) is 11.2 Å². The molecule has 0 aliphatic heterocycles. The molecular weight excluding hydrogens is 337 g/mol. The first-order chi connectivity index (χ1) is 11.1. The topological polar surface area (TPSA) is 46.4 Å². The SMILES string of the molecule is O=C(/C=C/c1c(Cl)nc2sccn12)NCCc1cccc(F)c1. The Hall–Kier alpha value is -2.18. The van der Waals surface area contributed by atoms with Crippen LogP contribution >= 0.6 is 22.9 Å². The fourth-order valence-electron chi connectivity index (χ4n) is 2.16. The van der Waals surface area contributed by atoms with Crippen molar-refractivity contribution >= 4 is 39.9 Å². The van der Waals surface area contributed by atoms with Gasteiger partial charge in [0.15, 0.2) is 10.1 Å². The van der Waals surface area contributed by atoms with Crippen LogP contribution in [0.5, 0.6) is 0 Å². The molecule has 1 aromatic carbocycles. The highest BCUT2D eigenvalue weighted by Gasteiger charge is 2.08. The summed E-state index contributed by atoms with van der Waals surface area (Å²) in [5.74, 6) is -0.508. The Morgan fingerprint density at radius 2 is 2.35 bits per heavy atom. The zero-order valence-corrected chi connectivity index (χ0v) is 13.6. The molecule has 2 heterocycles. The third-order valence-electron chi connectivity index (χ3n) is 3.25. The highest BCUT2D eigenvalue weighted by atomic mass is 35.5. The fraction of sp³-hybridized carbons (Fsp3) is 0.125. The number of imidazole rings is 1. The Balaban J connectivity index is 1.57. The zero-order chi connectivity index (χ0) is 16.2. The van der Waals surface area contributed by atoms with Gasteiger partial charge in [-0.15, -0.1) is 11.3 Å². The van der Waals surface area contributed by atoms with Crippen molar-refractivity contribution < 1.29 is 9.18 Å². The third kappa shape index (κ3) is 3.78. The number of halogens is 2. The van der Waals surface area contributed by atoms with Crippen molar-refractivity contribution in [2.75, 3.05) is 6.54 Å². The van der Waals surface area contributed by atoms with Crippen molar-refractivity contribution in [2.24, 2.45) is 0 Å². The molecular formula is C16H13ClFN3OS. The highest BCUT2D eigenvalue weighted by Crippen LogP contribution is 2.22. The summed E-state index contributed by atoms with van der Waals surface area (Å²) in [6.45, 7) is 0.431. The molecule has 0 fully saturated rings. The third-order valence-corrected chi connectivity index (χ3v) is 4.28. The van der Waals surface area contributed by atoms with E-state index >= 15 is 0 Å². The van der Waals surface area contributed by atoms with Crippen LogP contribution in [0.15, 0.2) is 41.9 Å². The quantitative estimate of drug-likeness (QED) is 0.716. The van der Waals surface area contributed by atoms with Crippen molar-refractivity contribution in [3.63, 3.8) is 0 Å². The van der Waals surface area contributed by atoms with Crippen molar-refractivity contribution in [3.05, 3.63) is 64.1 Å². The van der Waals surface area contributed by atoms with E-state index in [4.69, 9.17) is 11.6 Å². The van der Waals surface area contributed by atoms with Gasteiger partial charge in [0.2, 0.25) is 5.91 Å². The number of amides is 1. The normalized spacial score (nSPS) is 11.4. The van der Waals surface area contributed by atoms with Crippen molar-refractivity contribution in [1.82, 2.24) is 14.7 Å². The van der Waals surface area contributed by atoms with Gasteiger partial charge < -0.3 is 5.32 Å². The van der Waals surface area contributed by atoms with Crippen LogP contribution < -0.4 is 5.32 Å². The van der Waals surface area contributed by atoms with Crippen LogP contribution in [0.2, 0.25) is 5.15 Å². The Morgan fingerprint density at radius 3 is 3.17 bits per heavy atom. The van der Waals surface area contributed by atoms with E-state index in [0.29, 0.717) is 23.8 Å². The average Bonchev–Trinajstić information content (AvgIpc) is 3.06. The lowest BCUT2D eigenvalue weighted by Crippen LogP contribution is -2.23. The molecule has 3 aromatic rings. The van der Waals surface area contributed by atoms with Gasteiger partial charge in [-0.25, -0.2) is 9.37 Å². The van der Waals surface area contributed by atoms with Crippen LogP contribution in [0.4, 0.5) is 4.39 Å². The number of thiazole rings is 1. The number of hydrogen-bond acceptors (Lipinski definition) is 3. The largest absolute Gasteiger partial charge is 0.352 e. The maximum Gasteiger partial charge on any atom is 0.244 e. The molecule has 0 aliphatic rings. The van der Waals surface area contributed by atoms with E-state index in [1.54, 1.807) is 12.1 Å². The number of hydrogen-bond donors (Lipinski definition) is 1. The number of fused-ring (bicyclic) bond motifs is 1. The summed E-state index contributed by atoms with van der Waals surface area (Å²) in [4.78, 5) is 16.8. The minimum absolute atomic E-state index is 0.234. The minimum atomic E-state index is -0.274. The van der Waals surface area contributed by atoms with Gasteiger partial charge in [-0.3, -0.25) is 9.20 Å². The lowest BCUT2D eigenvalue weighted by Gasteiger charge is -2.03. The molecule has 118 valence electrons. The standard InChI is InChI=1S/C16H13ClFN3OS/c17-15-13(21-8-9-23-16(21)20-15)4-5-14(22)19-7-6-11-2-1-3-12(18)10-11/h1-5,8-10H,6-7H2,(H,19,22)/b5-4+. The molecule has 7 heteroatoms. The van der Waals surface area contributed by atoms with Gasteiger partial charge in [-0.2, -0.15) is 0 Å². The summed E-state index contributed by atoms with van der Waals surface area (Å²) in [5, 5.41) is 5.02. The van der Waals surface area contributed by atoms with Crippen molar-refractivity contribution in [1.29, 1.82) is 0 Å². The van der Waals surface area contributed by atoms with Crippen LogP contribution in [0.25, 0.3) is 11.0 Å². The number of nitrogens with one attached hydrogen (secondary N) is 1. The van der Waals surface area contributed by atoms with E-state index in [9.17, 15) is 9.18 Å². The molecule has 0 unspecified atom stereocenters. The number of nitrogens with zero attached hydrogens (tertiary/aromatic N) is 2. The highest BCUT2D eigenvalue weighted by molar-refractivity contribution is 7.15. The van der Waals surface area contributed by atoms with Crippen LogP contribution in [0.1, 0.15) is 11.3 Å². The van der Waals surface area contributed by atoms with Crippen molar-refractivity contribution in [3.8, 4) is 0 Å². The van der Waals surface area contributed by atoms with E-state index in [2.05, 4.69) is 10.3 Å². The van der Waals surface area contributed by atoms with Gasteiger partial charge in [0.05, 0.1) is 5.69 Å².